The van der Waals surface area contributed by atoms with Crippen LogP contribution in [0.2, 0.25) is 0 Å². The highest BCUT2D eigenvalue weighted by Gasteiger charge is 2.29. The topological polar surface area (TPSA) is 61.4 Å². The van der Waals surface area contributed by atoms with Crippen molar-refractivity contribution >= 4 is 72.5 Å². The molecule has 1 N–H and O–H groups in total. The van der Waals surface area contributed by atoms with Crippen molar-refractivity contribution in [1.29, 1.82) is 0 Å². The molecule has 5 aromatic rings. The fraction of sp³-hybridized carbons (Fsp3) is 0.290. The number of piperidine rings is 1. The lowest BCUT2D eigenvalue weighted by Crippen LogP contribution is -2.47. The van der Waals surface area contributed by atoms with Gasteiger partial charge in [-0.1, -0.05) is 48.5 Å². The van der Waals surface area contributed by atoms with Crippen LogP contribution < -0.4 is 5.32 Å². The Labute approximate surface area is 227 Å². The highest BCUT2D eigenvalue weighted by Crippen LogP contribution is 2.34. The van der Waals surface area contributed by atoms with Gasteiger partial charge in [0.2, 0.25) is 5.91 Å². The van der Waals surface area contributed by atoms with Crippen LogP contribution in [0.3, 0.4) is 0 Å². The third-order valence-electron chi connectivity index (χ3n) is 7.70. The fourth-order valence-corrected chi connectivity index (χ4v) is 6.00. The van der Waals surface area contributed by atoms with E-state index in [-0.39, 0.29) is 11.8 Å². The van der Waals surface area contributed by atoms with E-state index in [1.54, 1.807) is 0 Å². The van der Waals surface area contributed by atoms with Gasteiger partial charge < -0.3 is 15.1 Å². The maximum Gasteiger partial charge on any atom is 0.227 e. The molecule has 1 fully saturated rings. The monoisotopic (exact) mass is 521 g/mol. The number of fused-ring (bicyclic) bond motifs is 7. The van der Waals surface area contributed by atoms with Crippen LogP contribution in [0.4, 0.5) is 5.69 Å². The molecule has 1 aliphatic heterocycles. The van der Waals surface area contributed by atoms with E-state index in [1.165, 1.54) is 10.8 Å². The summed E-state index contributed by atoms with van der Waals surface area (Å²) in [5.74, 6) is 0.218. The molecule has 0 bridgehead atoms. The molecule has 192 valence electrons. The molecule has 1 amide bonds. The summed E-state index contributed by atoms with van der Waals surface area (Å²) in [6.45, 7) is 7.05. The molecule has 0 radical (unpaired) electrons. The molecular weight excluding hydrogens is 490 g/mol. The number of amides is 1. The minimum Gasteiger partial charge on any atom is -0.348 e. The number of nitrogens with zero attached hydrogens (tertiary/aromatic N) is 4. The molecule has 1 atom stereocenters. The van der Waals surface area contributed by atoms with Crippen molar-refractivity contribution in [3.05, 3.63) is 66.7 Å². The first kappa shape index (κ1) is 24.5. The first-order valence-corrected chi connectivity index (χ1v) is 13.8. The second-order valence-electron chi connectivity index (χ2n) is 9.94. The Morgan fingerprint density at radius 1 is 0.921 bits per heavy atom. The lowest BCUT2D eigenvalue weighted by atomic mass is 9.96. The van der Waals surface area contributed by atoms with Crippen LogP contribution in [0.15, 0.2) is 66.7 Å². The number of aromatic nitrogens is 2. The number of hydrogen-bond acceptors (Lipinski definition) is 4. The molecule has 0 aliphatic carbocycles. The Balaban J connectivity index is 1.32. The summed E-state index contributed by atoms with van der Waals surface area (Å²) in [6, 6.07) is 22.8. The number of carbonyl (C=O) groups is 1. The molecule has 7 heteroatoms. The van der Waals surface area contributed by atoms with Gasteiger partial charge >= 0.3 is 0 Å². The first-order chi connectivity index (χ1) is 18.6. The normalized spacial score (nSPS) is 15.8. The molecule has 1 aliphatic rings. The van der Waals surface area contributed by atoms with Crippen molar-refractivity contribution < 1.29 is 4.79 Å². The summed E-state index contributed by atoms with van der Waals surface area (Å²) >= 11 is 5.79. The van der Waals surface area contributed by atoms with Crippen molar-refractivity contribution in [1.82, 2.24) is 19.8 Å². The van der Waals surface area contributed by atoms with E-state index in [1.807, 2.05) is 36.9 Å². The summed E-state index contributed by atoms with van der Waals surface area (Å²) in [6.07, 6.45) is 1.87. The zero-order chi connectivity index (χ0) is 26.2. The van der Waals surface area contributed by atoms with Gasteiger partial charge in [0.25, 0.3) is 0 Å². The molecule has 0 saturated carbocycles. The van der Waals surface area contributed by atoms with Crippen LogP contribution >= 0.6 is 12.2 Å². The van der Waals surface area contributed by atoms with Crippen LogP contribution in [0.25, 0.3) is 43.6 Å². The number of hydrogen-bond donors (Lipinski definition) is 1. The predicted molar refractivity (Wildman–Crippen MR) is 161 cm³/mol. The summed E-state index contributed by atoms with van der Waals surface area (Å²) in [5.41, 5.74) is 4.36. The Hall–Kier alpha value is -3.84. The smallest absolute Gasteiger partial charge is 0.227 e. The zero-order valence-electron chi connectivity index (χ0n) is 21.8. The average Bonchev–Trinajstić information content (AvgIpc) is 2.97. The van der Waals surface area contributed by atoms with Crippen LogP contribution in [0.1, 0.15) is 26.7 Å². The molecule has 0 unspecified atom stereocenters. The van der Waals surface area contributed by atoms with Crippen LogP contribution in [-0.4, -0.2) is 57.0 Å². The quantitative estimate of drug-likeness (QED) is 0.169. The van der Waals surface area contributed by atoms with Gasteiger partial charge in [-0.05, 0) is 67.9 Å². The first-order valence-electron chi connectivity index (χ1n) is 13.4. The standard InChI is InChI=1S/C31H31N5OS/c1-3-35(4-2)30(37)20-10-9-17-36(19-20)31(38)32-21-15-16-26-27(18-21)34-29-25-14-8-6-12-23(25)22-11-5-7-13-24(22)28(29)33-26/h5-8,11-16,18,20H,3-4,9-10,17,19H2,1-2H3,(H,32,38)/t20-/m0/s1. The van der Waals surface area contributed by atoms with Gasteiger partial charge in [0.1, 0.15) is 0 Å². The van der Waals surface area contributed by atoms with Gasteiger partial charge in [0.05, 0.1) is 28.0 Å². The van der Waals surface area contributed by atoms with Crippen LogP contribution in [-0.2, 0) is 4.79 Å². The minimum atomic E-state index is -0.0136. The van der Waals surface area contributed by atoms with E-state index < -0.39 is 0 Å². The second kappa shape index (κ2) is 10.1. The number of benzene rings is 4. The minimum absolute atomic E-state index is 0.0136. The highest BCUT2D eigenvalue weighted by molar-refractivity contribution is 7.80. The van der Waals surface area contributed by atoms with E-state index in [4.69, 9.17) is 22.2 Å². The van der Waals surface area contributed by atoms with E-state index in [0.717, 1.165) is 71.0 Å². The third-order valence-corrected chi connectivity index (χ3v) is 8.06. The summed E-state index contributed by atoms with van der Waals surface area (Å²) in [7, 11) is 0. The lowest BCUT2D eigenvalue weighted by Gasteiger charge is -2.36. The van der Waals surface area contributed by atoms with Gasteiger partial charge in [-0.2, -0.15) is 0 Å². The fourth-order valence-electron chi connectivity index (χ4n) is 5.72. The van der Waals surface area contributed by atoms with Crippen molar-refractivity contribution in [2.75, 3.05) is 31.5 Å². The largest absolute Gasteiger partial charge is 0.348 e. The number of nitrogens with one attached hydrogen (secondary N) is 1. The van der Waals surface area contributed by atoms with E-state index in [2.05, 4.69) is 58.7 Å². The third kappa shape index (κ3) is 4.31. The molecule has 0 spiro atoms. The van der Waals surface area contributed by atoms with Gasteiger partial charge in [-0.25, -0.2) is 9.97 Å². The van der Waals surface area contributed by atoms with Gasteiger partial charge in [-0.15, -0.1) is 0 Å². The number of anilines is 1. The van der Waals surface area contributed by atoms with Crippen molar-refractivity contribution in [2.24, 2.45) is 5.92 Å². The Bertz CT molecular complexity index is 1700. The molecule has 6 nitrogen and oxygen atoms in total. The predicted octanol–water partition coefficient (Wildman–Crippen LogP) is 6.37. The molecule has 4 aromatic carbocycles. The van der Waals surface area contributed by atoms with Crippen LogP contribution in [0.5, 0.6) is 0 Å². The van der Waals surface area contributed by atoms with E-state index >= 15 is 0 Å². The molecule has 2 heterocycles. The van der Waals surface area contributed by atoms with Gasteiger partial charge in [-0.3, -0.25) is 4.79 Å². The number of rotatable bonds is 4. The molecule has 1 saturated heterocycles. The molecular formula is C31H31N5OS. The SMILES string of the molecule is CCN(CC)C(=O)[C@H]1CCCN(C(=S)Nc2ccc3nc4c5ccccc5c5ccccc5c4nc3c2)C1. The highest BCUT2D eigenvalue weighted by atomic mass is 32.1. The van der Waals surface area contributed by atoms with Crippen molar-refractivity contribution in [3.8, 4) is 0 Å². The number of carbonyl (C=O) groups excluding carboxylic acids is 1. The van der Waals surface area contributed by atoms with Crippen molar-refractivity contribution in [2.45, 2.75) is 26.7 Å². The Morgan fingerprint density at radius 2 is 1.53 bits per heavy atom. The van der Waals surface area contributed by atoms with E-state index in [0.29, 0.717) is 11.7 Å². The average molecular weight is 522 g/mol. The number of likely N-dealkylation sites (tertiary alicyclic amines) is 1. The zero-order valence-corrected chi connectivity index (χ0v) is 22.6. The Morgan fingerprint density at radius 3 is 2.16 bits per heavy atom. The molecule has 1 aromatic heterocycles. The van der Waals surface area contributed by atoms with Crippen molar-refractivity contribution in [3.63, 3.8) is 0 Å². The molecule has 6 rings (SSSR count). The molecule has 38 heavy (non-hydrogen) atoms. The van der Waals surface area contributed by atoms with Gasteiger partial charge in [0, 0.05) is 42.6 Å². The maximum absolute atomic E-state index is 12.9. The summed E-state index contributed by atoms with van der Waals surface area (Å²) in [4.78, 5) is 27.1. The summed E-state index contributed by atoms with van der Waals surface area (Å²) in [5, 5.41) is 8.62. The maximum atomic E-state index is 12.9. The second-order valence-corrected chi connectivity index (χ2v) is 10.3. The lowest BCUT2D eigenvalue weighted by molar-refractivity contribution is -0.136. The summed E-state index contributed by atoms with van der Waals surface area (Å²) < 4.78 is 0. The Kier molecular flexibility index (Phi) is 6.54. The van der Waals surface area contributed by atoms with Gasteiger partial charge in [0.15, 0.2) is 5.11 Å². The van der Waals surface area contributed by atoms with E-state index in [9.17, 15) is 4.79 Å². The van der Waals surface area contributed by atoms with Crippen LogP contribution in [0, 0.1) is 5.92 Å². The number of thiocarbonyl (C=S) groups is 1.